The smallest absolute Gasteiger partial charge is 0.507 e. The highest BCUT2D eigenvalue weighted by Crippen LogP contribution is 2.63. The third kappa shape index (κ3) is 2.46. The summed E-state index contributed by atoms with van der Waals surface area (Å²) < 4.78 is 11.0. The Balaban J connectivity index is 1.97. The zero-order chi connectivity index (χ0) is 18.6. The van der Waals surface area contributed by atoms with Crippen molar-refractivity contribution in [1.82, 2.24) is 0 Å². The summed E-state index contributed by atoms with van der Waals surface area (Å²) >= 11 is 0. The molecule has 4 rings (SSSR count). The van der Waals surface area contributed by atoms with E-state index in [1.165, 1.54) is 0 Å². The number of hydrogen-bond donors (Lipinski definition) is 1. The van der Waals surface area contributed by atoms with Gasteiger partial charge in [0.2, 0.25) is 0 Å². The van der Waals surface area contributed by atoms with Crippen molar-refractivity contribution < 1.29 is 19.4 Å². The number of rotatable bonds is 3. The summed E-state index contributed by atoms with van der Waals surface area (Å²) in [5.74, 6) is 2.20. The fourth-order valence-corrected chi connectivity index (χ4v) is 4.96. The topological polar surface area (TPSA) is 55.8 Å². The number of benzene rings is 2. The lowest BCUT2D eigenvalue weighted by Crippen LogP contribution is -2.18. The summed E-state index contributed by atoms with van der Waals surface area (Å²) in [7, 11) is 0. The fourth-order valence-electron chi connectivity index (χ4n) is 4.96. The zero-order valence-electron chi connectivity index (χ0n) is 15.8. The second-order valence-corrected chi connectivity index (χ2v) is 7.97. The summed E-state index contributed by atoms with van der Waals surface area (Å²) in [6.07, 6.45) is 2.00. The van der Waals surface area contributed by atoms with E-state index in [1.807, 2.05) is 32.0 Å². The Morgan fingerprint density at radius 2 is 2.04 bits per heavy atom. The summed E-state index contributed by atoms with van der Waals surface area (Å²) in [6, 6.07) is 5.91. The van der Waals surface area contributed by atoms with Crippen molar-refractivity contribution >= 4 is 16.9 Å². The van der Waals surface area contributed by atoms with E-state index in [-0.39, 0.29) is 6.10 Å². The number of fused-ring (bicyclic) bond motifs is 6. The van der Waals surface area contributed by atoms with Crippen LogP contribution in [0.1, 0.15) is 69.1 Å². The van der Waals surface area contributed by atoms with Crippen LogP contribution in [0.2, 0.25) is 0 Å². The van der Waals surface area contributed by atoms with Crippen LogP contribution in [0.25, 0.3) is 10.8 Å². The Morgan fingerprint density at radius 1 is 1.27 bits per heavy atom. The molecule has 1 fully saturated rings. The van der Waals surface area contributed by atoms with Gasteiger partial charge in [0, 0.05) is 21.9 Å². The van der Waals surface area contributed by atoms with Crippen molar-refractivity contribution in [3.05, 3.63) is 34.9 Å². The average Bonchev–Trinajstić information content (AvgIpc) is 3.14. The summed E-state index contributed by atoms with van der Waals surface area (Å²) in [6.45, 7) is 7.93. The molecule has 3 unspecified atom stereocenters. The minimum Gasteiger partial charge on any atom is -0.507 e. The number of aromatic hydroxyl groups is 1. The Bertz CT molecular complexity index is 884. The predicted molar refractivity (Wildman–Crippen MR) is 101 cm³/mol. The minimum atomic E-state index is -0.670. The first kappa shape index (κ1) is 17.2. The number of ether oxygens (including phenoxy) is 2. The molecule has 0 aliphatic heterocycles. The first-order valence-electron chi connectivity index (χ1n) is 9.61. The van der Waals surface area contributed by atoms with Gasteiger partial charge in [-0.2, -0.15) is 0 Å². The van der Waals surface area contributed by atoms with Crippen LogP contribution in [0.15, 0.2) is 18.2 Å². The molecule has 0 radical (unpaired) electrons. The molecule has 4 nitrogen and oxygen atoms in total. The third-order valence-electron chi connectivity index (χ3n) is 5.98. The molecule has 2 aliphatic rings. The van der Waals surface area contributed by atoms with Gasteiger partial charge in [-0.05, 0) is 56.4 Å². The van der Waals surface area contributed by atoms with Crippen LogP contribution >= 0.6 is 0 Å². The number of phenols is 1. The molecular weight excluding hydrogens is 328 g/mol. The number of hydrogen-bond acceptors (Lipinski definition) is 4. The number of phenolic OH excluding ortho intramolecular Hbond substituents is 1. The lowest BCUT2D eigenvalue weighted by atomic mass is 9.81. The molecular formula is C22H26O4. The van der Waals surface area contributed by atoms with Crippen molar-refractivity contribution in [2.45, 2.75) is 64.9 Å². The molecule has 1 N–H and O–H groups in total. The van der Waals surface area contributed by atoms with Crippen LogP contribution in [-0.2, 0) is 11.2 Å². The summed E-state index contributed by atoms with van der Waals surface area (Å²) in [5.41, 5.74) is 3.09. The van der Waals surface area contributed by atoms with Gasteiger partial charge in [0.05, 0.1) is 6.10 Å². The molecule has 2 aliphatic carbocycles. The van der Waals surface area contributed by atoms with Crippen molar-refractivity contribution in [1.29, 1.82) is 0 Å². The van der Waals surface area contributed by atoms with Gasteiger partial charge in [0.15, 0.2) is 0 Å². The Morgan fingerprint density at radius 3 is 2.73 bits per heavy atom. The Hall–Kier alpha value is -2.23. The monoisotopic (exact) mass is 354 g/mol. The van der Waals surface area contributed by atoms with Gasteiger partial charge in [-0.1, -0.05) is 32.0 Å². The van der Waals surface area contributed by atoms with Crippen molar-refractivity contribution in [2.24, 2.45) is 5.92 Å². The molecule has 1 saturated carbocycles. The summed E-state index contributed by atoms with van der Waals surface area (Å²) in [5, 5.41) is 12.7. The van der Waals surface area contributed by atoms with E-state index in [2.05, 4.69) is 13.8 Å². The van der Waals surface area contributed by atoms with Gasteiger partial charge in [0.25, 0.3) is 0 Å². The van der Waals surface area contributed by atoms with E-state index in [0.29, 0.717) is 29.3 Å². The standard InChI is InChI=1S/C22H26O4/c1-5-13-7-6-8-15-17(13)21(26-22(24)25-11(2)3)18-14-9-12(4)16(10-14)19(18)20(15)23/h6-8,11-12,14,16,23H,5,9-10H2,1-4H3. The number of aryl methyl sites for hydroxylation is 1. The Labute approximate surface area is 154 Å². The van der Waals surface area contributed by atoms with Gasteiger partial charge in [-0.25, -0.2) is 4.79 Å². The second kappa shape index (κ2) is 6.19. The van der Waals surface area contributed by atoms with Gasteiger partial charge >= 0.3 is 6.16 Å². The van der Waals surface area contributed by atoms with E-state index in [4.69, 9.17) is 9.47 Å². The van der Waals surface area contributed by atoms with Crippen molar-refractivity contribution in [3.63, 3.8) is 0 Å². The SMILES string of the molecule is CCc1cccc2c(O)c3c(c(OC(=O)OC(C)C)c12)C1CC(C)C3C1. The summed E-state index contributed by atoms with van der Waals surface area (Å²) in [4.78, 5) is 12.3. The first-order chi connectivity index (χ1) is 12.4. The quantitative estimate of drug-likeness (QED) is 0.572. The maximum Gasteiger partial charge on any atom is 0.514 e. The van der Waals surface area contributed by atoms with Crippen LogP contribution in [0.3, 0.4) is 0 Å². The van der Waals surface area contributed by atoms with Gasteiger partial charge in [0.1, 0.15) is 11.5 Å². The van der Waals surface area contributed by atoms with Crippen molar-refractivity contribution in [2.75, 3.05) is 0 Å². The highest BCUT2D eigenvalue weighted by molar-refractivity contribution is 6.00. The van der Waals surface area contributed by atoms with Crippen LogP contribution in [0.4, 0.5) is 4.79 Å². The molecule has 3 atom stereocenters. The van der Waals surface area contributed by atoms with Gasteiger partial charge < -0.3 is 14.6 Å². The van der Waals surface area contributed by atoms with Crippen LogP contribution in [-0.4, -0.2) is 17.4 Å². The van der Waals surface area contributed by atoms with E-state index >= 15 is 0 Å². The number of carbonyl (C=O) groups is 1. The maximum atomic E-state index is 12.3. The normalized spacial score (nSPS) is 23.5. The molecule has 0 aromatic heterocycles. The molecule has 138 valence electrons. The van der Waals surface area contributed by atoms with Gasteiger partial charge in [-0.15, -0.1) is 0 Å². The van der Waals surface area contributed by atoms with E-state index in [0.717, 1.165) is 46.7 Å². The van der Waals surface area contributed by atoms with E-state index in [9.17, 15) is 9.90 Å². The number of carbonyl (C=O) groups excluding carboxylic acids is 1. The molecule has 2 aromatic rings. The fraction of sp³-hybridized carbons (Fsp3) is 0.500. The van der Waals surface area contributed by atoms with E-state index < -0.39 is 6.16 Å². The van der Waals surface area contributed by atoms with Crippen molar-refractivity contribution in [3.8, 4) is 11.5 Å². The van der Waals surface area contributed by atoms with E-state index in [1.54, 1.807) is 0 Å². The van der Waals surface area contributed by atoms with Crippen LogP contribution < -0.4 is 4.74 Å². The average molecular weight is 354 g/mol. The highest BCUT2D eigenvalue weighted by atomic mass is 16.7. The largest absolute Gasteiger partial charge is 0.514 e. The van der Waals surface area contributed by atoms with Crippen LogP contribution in [0, 0.1) is 5.92 Å². The molecule has 4 heteroatoms. The molecule has 0 amide bonds. The molecule has 0 saturated heterocycles. The zero-order valence-corrected chi connectivity index (χ0v) is 15.8. The molecule has 2 bridgehead atoms. The van der Waals surface area contributed by atoms with Crippen LogP contribution in [0.5, 0.6) is 11.5 Å². The molecule has 0 spiro atoms. The lowest BCUT2D eigenvalue weighted by Gasteiger charge is -2.26. The lowest BCUT2D eigenvalue weighted by molar-refractivity contribution is 0.0729. The Kier molecular flexibility index (Phi) is 4.09. The first-order valence-corrected chi connectivity index (χ1v) is 9.61. The highest BCUT2D eigenvalue weighted by Gasteiger charge is 2.46. The van der Waals surface area contributed by atoms with Gasteiger partial charge in [-0.3, -0.25) is 0 Å². The third-order valence-corrected chi connectivity index (χ3v) is 5.98. The minimum absolute atomic E-state index is 0.235. The molecule has 0 heterocycles. The predicted octanol–water partition coefficient (Wildman–Crippen LogP) is 5.64. The molecule has 26 heavy (non-hydrogen) atoms. The maximum absolute atomic E-state index is 12.3. The second-order valence-electron chi connectivity index (χ2n) is 7.97. The molecule has 2 aromatic carbocycles.